The fraction of sp³-hybridized carbons (Fsp3) is 0.462. The monoisotopic (exact) mass is 351 g/mol. The third-order valence-electron chi connectivity index (χ3n) is 3.13. The second kappa shape index (κ2) is 9.06. The number of carbonyl (C=O) groups is 1. The van der Waals surface area contributed by atoms with Gasteiger partial charge in [-0.1, -0.05) is 6.07 Å². The van der Waals surface area contributed by atoms with E-state index in [2.05, 4.69) is 10.0 Å². The zero-order valence-electron chi connectivity index (χ0n) is 12.8. The van der Waals surface area contributed by atoms with Crippen LogP contribution in [0.15, 0.2) is 23.1 Å². The van der Waals surface area contributed by atoms with Crippen LogP contribution in [-0.2, 0) is 19.6 Å². The van der Waals surface area contributed by atoms with Crippen molar-refractivity contribution < 1.29 is 17.9 Å². The van der Waals surface area contributed by atoms with Crippen LogP contribution in [0.5, 0.6) is 0 Å². The highest BCUT2D eigenvalue weighted by Crippen LogP contribution is 2.23. The predicted molar refractivity (Wildman–Crippen MR) is 87.8 cm³/mol. The third-order valence-corrected chi connectivity index (χ3v) is 4.68. The maximum absolute atomic E-state index is 11.9. The SMILES string of the molecule is CNS(=O)(=O)c1cccc(NC(=O)CC(CN)OC)c1C.Cl. The molecule has 1 rings (SSSR count). The summed E-state index contributed by atoms with van der Waals surface area (Å²) in [5.74, 6) is -0.283. The van der Waals surface area contributed by atoms with Gasteiger partial charge in [0.2, 0.25) is 15.9 Å². The number of methoxy groups -OCH3 is 1. The van der Waals surface area contributed by atoms with Crippen molar-refractivity contribution >= 4 is 34.0 Å². The van der Waals surface area contributed by atoms with Crippen LogP contribution in [0.25, 0.3) is 0 Å². The quantitative estimate of drug-likeness (QED) is 0.667. The number of nitrogens with one attached hydrogen (secondary N) is 2. The van der Waals surface area contributed by atoms with E-state index in [1.54, 1.807) is 19.1 Å². The molecule has 1 aromatic rings. The Balaban J connectivity index is 0.00000441. The summed E-state index contributed by atoms with van der Waals surface area (Å²) in [6, 6.07) is 4.70. The van der Waals surface area contributed by atoms with Crippen molar-refractivity contribution in [3.63, 3.8) is 0 Å². The molecule has 9 heteroatoms. The van der Waals surface area contributed by atoms with Crippen LogP contribution < -0.4 is 15.8 Å². The van der Waals surface area contributed by atoms with Gasteiger partial charge in [0.15, 0.2) is 0 Å². The summed E-state index contributed by atoms with van der Waals surface area (Å²) in [5.41, 5.74) is 6.38. The van der Waals surface area contributed by atoms with E-state index in [0.717, 1.165) is 0 Å². The van der Waals surface area contributed by atoms with Crippen molar-refractivity contribution in [3.8, 4) is 0 Å². The van der Waals surface area contributed by atoms with Crippen LogP contribution in [0.4, 0.5) is 5.69 Å². The molecule has 0 heterocycles. The smallest absolute Gasteiger partial charge is 0.240 e. The van der Waals surface area contributed by atoms with E-state index in [4.69, 9.17) is 10.5 Å². The Hall–Kier alpha value is -1.19. The molecule has 0 saturated heterocycles. The Morgan fingerprint density at radius 1 is 1.41 bits per heavy atom. The summed E-state index contributed by atoms with van der Waals surface area (Å²) in [4.78, 5) is 12.0. The summed E-state index contributed by atoms with van der Waals surface area (Å²) < 4.78 is 31.0. The van der Waals surface area contributed by atoms with Gasteiger partial charge in [-0.3, -0.25) is 4.79 Å². The van der Waals surface area contributed by atoms with Crippen LogP contribution >= 0.6 is 12.4 Å². The number of halogens is 1. The molecular formula is C13H22ClN3O4S. The van der Waals surface area contributed by atoms with Crippen molar-refractivity contribution in [2.45, 2.75) is 24.3 Å². The van der Waals surface area contributed by atoms with Crippen LogP contribution in [0.2, 0.25) is 0 Å². The van der Waals surface area contributed by atoms with E-state index in [-0.39, 0.29) is 42.3 Å². The van der Waals surface area contributed by atoms with Gasteiger partial charge in [0.05, 0.1) is 17.4 Å². The zero-order valence-corrected chi connectivity index (χ0v) is 14.4. The Morgan fingerprint density at radius 2 is 2.05 bits per heavy atom. The van der Waals surface area contributed by atoms with Crippen LogP contribution in [0.3, 0.4) is 0 Å². The van der Waals surface area contributed by atoms with E-state index in [1.165, 1.54) is 20.2 Å². The average molecular weight is 352 g/mol. The molecule has 1 amide bonds. The lowest BCUT2D eigenvalue weighted by molar-refractivity contribution is -0.118. The van der Waals surface area contributed by atoms with E-state index in [0.29, 0.717) is 11.3 Å². The standard InChI is InChI=1S/C13H21N3O4S.ClH/c1-9-11(16-13(17)7-10(8-14)20-3)5-4-6-12(9)21(18,19)15-2;/h4-6,10,15H,7-8,14H2,1-3H3,(H,16,17);1H. The Bertz CT molecular complexity index is 603. The first-order chi connectivity index (χ1) is 9.85. The molecule has 0 bridgehead atoms. The normalized spacial score (nSPS) is 12.4. The second-order valence-corrected chi connectivity index (χ2v) is 6.34. The van der Waals surface area contributed by atoms with Gasteiger partial charge >= 0.3 is 0 Å². The third kappa shape index (κ3) is 5.22. The van der Waals surface area contributed by atoms with E-state index in [9.17, 15) is 13.2 Å². The number of ether oxygens (including phenoxy) is 1. The number of anilines is 1. The number of nitrogens with two attached hydrogens (primary N) is 1. The van der Waals surface area contributed by atoms with Gasteiger partial charge in [-0.25, -0.2) is 13.1 Å². The first-order valence-electron chi connectivity index (χ1n) is 6.41. The molecule has 0 aliphatic carbocycles. The highest BCUT2D eigenvalue weighted by atomic mass is 35.5. The van der Waals surface area contributed by atoms with Crippen LogP contribution in [0.1, 0.15) is 12.0 Å². The first kappa shape index (κ1) is 20.8. The van der Waals surface area contributed by atoms with Crippen molar-refractivity contribution in [2.24, 2.45) is 5.73 Å². The van der Waals surface area contributed by atoms with Gasteiger partial charge in [0.25, 0.3) is 0 Å². The highest BCUT2D eigenvalue weighted by Gasteiger charge is 2.18. The fourth-order valence-corrected chi connectivity index (χ4v) is 2.81. The van der Waals surface area contributed by atoms with E-state index >= 15 is 0 Å². The van der Waals surface area contributed by atoms with Crippen LogP contribution in [-0.4, -0.2) is 41.1 Å². The molecule has 0 aromatic heterocycles. The van der Waals surface area contributed by atoms with Crippen molar-refractivity contribution in [2.75, 3.05) is 26.0 Å². The summed E-state index contributed by atoms with van der Waals surface area (Å²) in [6.07, 6.45) is -0.260. The molecule has 0 spiro atoms. The molecule has 0 radical (unpaired) electrons. The molecule has 126 valence electrons. The van der Waals surface area contributed by atoms with Gasteiger partial charge in [-0.15, -0.1) is 12.4 Å². The minimum atomic E-state index is -3.57. The van der Waals surface area contributed by atoms with Crippen LogP contribution in [0, 0.1) is 6.92 Å². The molecule has 1 unspecified atom stereocenters. The number of benzene rings is 1. The fourth-order valence-electron chi connectivity index (χ4n) is 1.82. The number of amides is 1. The maximum Gasteiger partial charge on any atom is 0.240 e. The first-order valence-corrected chi connectivity index (χ1v) is 7.90. The highest BCUT2D eigenvalue weighted by molar-refractivity contribution is 7.89. The minimum Gasteiger partial charge on any atom is -0.380 e. The summed E-state index contributed by atoms with van der Waals surface area (Å²) in [5, 5.41) is 2.68. The number of sulfonamides is 1. The number of carbonyl (C=O) groups excluding carboxylic acids is 1. The molecule has 4 N–H and O–H groups in total. The van der Waals surface area contributed by atoms with Gasteiger partial charge in [0, 0.05) is 19.3 Å². The van der Waals surface area contributed by atoms with Crippen molar-refractivity contribution in [3.05, 3.63) is 23.8 Å². The predicted octanol–water partition coefficient (Wildman–Crippen LogP) is 0.627. The zero-order chi connectivity index (χ0) is 16.0. The van der Waals surface area contributed by atoms with E-state index in [1.807, 2.05) is 0 Å². The van der Waals surface area contributed by atoms with Crippen molar-refractivity contribution in [1.82, 2.24) is 4.72 Å². The molecular weight excluding hydrogens is 330 g/mol. The topological polar surface area (TPSA) is 111 Å². The van der Waals surface area contributed by atoms with Crippen molar-refractivity contribution in [1.29, 1.82) is 0 Å². The number of rotatable bonds is 7. The van der Waals surface area contributed by atoms with Gasteiger partial charge in [0.1, 0.15) is 0 Å². The molecule has 0 aliphatic rings. The minimum absolute atomic E-state index is 0. The number of hydrogen-bond acceptors (Lipinski definition) is 5. The van der Waals surface area contributed by atoms with Gasteiger partial charge < -0.3 is 15.8 Å². The Kier molecular flexibility index (Phi) is 8.57. The summed E-state index contributed by atoms with van der Waals surface area (Å²) >= 11 is 0. The lowest BCUT2D eigenvalue weighted by Gasteiger charge is -2.15. The molecule has 1 atom stereocenters. The summed E-state index contributed by atoms with van der Waals surface area (Å²) in [7, 11) is -0.745. The van der Waals surface area contributed by atoms with Gasteiger partial charge in [-0.2, -0.15) is 0 Å². The Morgan fingerprint density at radius 3 is 2.55 bits per heavy atom. The lowest BCUT2D eigenvalue weighted by atomic mass is 10.2. The molecule has 0 fully saturated rings. The summed E-state index contributed by atoms with van der Waals surface area (Å²) in [6.45, 7) is 1.87. The number of hydrogen-bond donors (Lipinski definition) is 3. The maximum atomic E-state index is 11.9. The molecule has 0 aliphatic heterocycles. The molecule has 1 aromatic carbocycles. The molecule has 0 saturated carbocycles. The molecule has 7 nitrogen and oxygen atoms in total. The van der Waals surface area contributed by atoms with E-state index < -0.39 is 10.0 Å². The average Bonchev–Trinajstić information content (AvgIpc) is 2.46. The Labute approximate surface area is 137 Å². The molecule has 22 heavy (non-hydrogen) atoms. The lowest BCUT2D eigenvalue weighted by Crippen LogP contribution is -2.28. The second-order valence-electron chi connectivity index (χ2n) is 4.48. The largest absolute Gasteiger partial charge is 0.380 e. The van der Waals surface area contributed by atoms with Gasteiger partial charge in [-0.05, 0) is 31.7 Å².